The van der Waals surface area contributed by atoms with Gasteiger partial charge in [0.1, 0.15) is 6.54 Å². The van der Waals surface area contributed by atoms with E-state index in [9.17, 15) is 4.79 Å². The Morgan fingerprint density at radius 1 is 1.04 bits per heavy atom. The fraction of sp³-hybridized carbons (Fsp3) is 0.300. The van der Waals surface area contributed by atoms with E-state index in [1.807, 2.05) is 57.2 Å². The highest BCUT2D eigenvalue weighted by Crippen LogP contribution is 2.17. The van der Waals surface area contributed by atoms with E-state index in [4.69, 9.17) is 0 Å². The first kappa shape index (κ1) is 17.8. The number of carbonyl (C=O) groups excluding carboxylic acids is 1. The second kappa shape index (κ2) is 7.91. The molecule has 1 amide bonds. The molecule has 0 bridgehead atoms. The van der Waals surface area contributed by atoms with E-state index < -0.39 is 0 Å². The van der Waals surface area contributed by atoms with Gasteiger partial charge in [-0.15, -0.1) is 10.2 Å². The van der Waals surface area contributed by atoms with Crippen molar-refractivity contribution in [1.29, 1.82) is 0 Å². The van der Waals surface area contributed by atoms with E-state index in [0.717, 1.165) is 17.5 Å². The average Bonchev–Trinajstić information content (AvgIpc) is 3.09. The van der Waals surface area contributed by atoms with Crippen LogP contribution in [-0.2, 0) is 11.3 Å². The molecule has 1 N–H and O–H groups in total. The lowest BCUT2D eigenvalue weighted by Gasteiger charge is -2.17. The van der Waals surface area contributed by atoms with Gasteiger partial charge in [0, 0.05) is 5.56 Å². The first-order chi connectivity index (χ1) is 12.5. The van der Waals surface area contributed by atoms with Crippen molar-refractivity contribution in [2.24, 2.45) is 0 Å². The Labute approximate surface area is 153 Å². The highest BCUT2D eigenvalue weighted by atomic mass is 16.2. The third-order valence-corrected chi connectivity index (χ3v) is 4.27. The summed E-state index contributed by atoms with van der Waals surface area (Å²) in [4.78, 5) is 13.7. The number of hydrogen-bond donors (Lipinski definition) is 1. The third-order valence-electron chi connectivity index (χ3n) is 4.27. The monoisotopic (exact) mass is 349 g/mol. The maximum absolute atomic E-state index is 12.4. The third kappa shape index (κ3) is 4.33. The fourth-order valence-corrected chi connectivity index (χ4v) is 2.72. The first-order valence-electron chi connectivity index (χ1n) is 8.76. The number of nitrogens with one attached hydrogen (secondary N) is 1. The lowest BCUT2D eigenvalue weighted by molar-refractivity contribution is -0.122. The molecule has 2 aromatic carbocycles. The minimum Gasteiger partial charge on any atom is -0.348 e. The summed E-state index contributed by atoms with van der Waals surface area (Å²) in [5.74, 6) is 0.383. The van der Waals surface area contributed by atoms with Gasteiger partial charge in [-0.2, -0.15) is 4.80 Å². The fourth-order valence-electron chi connectivity index (χ4n) is 2.72. The minimum absolute atomic E-state index is 0.0248. The lowest BCUT2D eigenvalue weighted by atomic mass is 10.0. The summed E-state index contributed by atoms with van der Waals surface area (Å²) in [5, 5.41) is 15.4. The molecule has 0 saturated heterocycles. The van der Waals surface area contributed by atoms with Gasteiger partial charge in [-0.3, -0.25) is 4.79 Å². The van der Waals surface area contributed by atoms with Crippen LogP contribution in [0.25, 0.3) is 11.4 Å². The molecule has 6 heteroatoms. The Kier molecular flexibility index (Phi) is 5.41. The number of benzene rings is 2. The zero-order chi connectivity index (χ0) is 18.5. The van der Waals surface area contributed by atoms with Crippen molar-refractivity contribution >= 4 is 5.91 Å². The van der Waals surface area contributed by atoms with Gasteiger partial charge >= 0.3 is 0 Å². The second-order valence-electron chi connectivity index (χ2n) is 6.45. The molecule has 0 aliphatic heterocycles. The Morgan fingerprint density at radius 2 is 1.65 bits per heavy atom. The smallest absolute Gasteiger partial charge is 0.244 e. The normalized spacial score (nSPS) is 12.0. The molecule has 134 valence electrons. The molecule has 0 fully saturated rings. The van der Waals surface area contributed by atoms with Gasteiger partial charge in [0.2, 0.25) is 11.7 Å². The summed E-state index contributed by atoms with van der Waals surface area (Å²) in [6.07, 6.45) is 0.814. The van der Waals surface area contributed by atoms with E-state index in [1.165, 1.54) is 15.9 Å². The van der Waals surface area contributed by atoms with E-state index in [-0.39, 0.29) is 18.5 Å². The number of carbonyl (C=O) groups is 1. The molecule has 0 aliphatic rings. The van der Waals surface area contributed by atoms with E-state index in [0.29, 0.717) is 5.82 Å². The van der Waals surface area contributed by atoms with Crippen LogP contribution in [0.1, 0.15) is 36.1 Å². The molecule has 3 rings (SSSR count). The summed E-state index contributed by atoms with van der Waals surface area (Å²) >= 11 is 0. The quantitative estimate of drug-likeness (QED) is 0.741. The van der Waals surface area contributed by atoms with Crippen LogP contribution < -0.4 is 5.32 Å². The topological polar surface area (TPSA) is 72.7 Å². The van der Waals surface area contributed by atoms with Gasteiger partial charge in [-0.05, 0) is 31.0 Å². The Morgan fingerprint density at radius 3 is 2.27 bits per heavy atom. The molecular formula is C20H23N5O. The lowest BCUT2D eigenvalue weighted by Crippen LogP contribution is -2.32. The van der Waals surface area contributed by atoms with Crippen LogP contribution in [-0.4, -0.2) is 26.1 Å². The molecule has 0 saturated carbocycles. The molecule has 6 nitrogen and oxygen atoms in total. The molecule has 3 aromatic rings. The van der Waals surface area contributed by atoms with E-state index >= 15 is 0 Å². The summed E-state index contributed by atoms with van der Waals surface area (Å²) < 4.78 is 0. The van der Waals surface area contributed by atoms with Crippen LogP contribution in [0.4, 0.5) is 0 Å². The summed E-state index contributed by atoms with van der Waals surface area (Å²) in [6.45, 7) is 6.16. The van der Waals surface area contributed by atoms with E-state index in [1.54, 1.807) is 0 Å². The van der Waals surface area contributed by atoms with Crippen LogP contribution in [0.3, 0.4) is 0 Å². The van der Waals surface area contributed by atoms with Crippen LogP contribution in [0.5, 0.6) is 0 Å². The number of aromatic nitrogens is 4. The zero-order valence-electron chi connectivity index (χ0n) is 15.3. The number of amides is 1. The van der Waals surface area contributed by atoms with Crippen LogP contribution >= 0.6 is 0 Å². The number of nitrogens with zero attached hydrogens (tertiary/aromatic N) is 4. The number of tetrazole rings is 1. The van der Waals surface area contributed by atoms with Gasteiger partial charge < -0.3 is 5.32 Å². The maximum Gasteiger partial charge on any atom is 0.244 e. The molecule has 0 unspecified atom stereocenters. The largest absolute Gasteiger partial charge is 0.348 e. The van der Waals surface area contributed by atoms with Crippen LogP contribution in [0.15, 0.2) is 48.5 Å². The SMILES string of the molecule is CC[C@H](NC(=O)Cn1nnc(-c2ccc(C)cc2)n1)c1ccc(C)cc1. The first-order valence-corrected chi connectivity index (χ1v) is 8.76. The molecule has 26 heavy (non-hydrogen) atoms. The van der Waals surface area contributed by atoms with Crippen LogP contribution in [0, 0.1) is 13.8 Å². The highest BCUT2D eigenvalue weighted by molar-refractivity contribution is 5.76. The van der Waals surface area contributed by atoms with Gasteiger partial charge in [-0.25, -0.2) is 0 Å². The molecule has 0 spiro atoms. The van der Waals surface area contributed by atoms with Crippen molar-refractivity contribution in [1.82, 2.24) is 25.5 Å². The van der Waals surface area contributed by atoms with Gasteiger partial charge in [0.05, 0.1) is 6.04 Å². The standard InChI is InChI=1S/C20H23N5O/c1-4-18(16-9-5-14(2)6-10-16)21-19(26)13-25-23-20(22-24-25)17-11-7-15(3)8-12-17/h5-12,18H,4,13H2,1-3H3,(H,21,26)/t18-/m0/s1. The maximum atomic E-state index is 12.4. The number of aryl methyl sites for hydroxylation is 2. The van der Waals surface area contributed by atoms with Crippen molar-refractivity contribution in [3.8, 4) is 11.4 Å². The van der Waals surface area contributed by atoms with Crippen molar-refractivity contribution in [3.05, 3.63) is 65.2 Å². The van der Waals surface area contributed by atoms with Crippen LogP contribution in [0.2, 0.25) is 0 Å². The second-order valence-corrected chi connectivity index (χ2v) is 6.45. The summed E-state index contributed by atoms with van der Waals surface area (Å²) in [6, 6.07) is 16.1. The van der Waals surface area contributed by atoms with E-state index in [2.05, 4.69) is 32.9 Å². The molecular weight excluding hydrogens is 326 g/mol. The van der Waals surface area contributed by atoms with Gasteiger partial charge in [-0.1, -0.05) is 66.6 Å². The number of hydrogen-bond acceptors (Lipinski definition) is 4. The van der Waals surface area contributed by atoms with Crippen molar-refractivity contribution in [2.45, 2.75) is 39.8 Å². The molecule has 0 aliphatic carbocycles. The predicted molar refractivity (Wildman–Crippen MR) is 100 cm³/mol. The summed E-state index contributed by atoms with van der Waals surface area (Å²) in [5.41, 5.74) is 4.35. The van der Waals surface area contributed by atoms with Crippen molar-refractivity contribution in [3.63, 3.8) is 0 Å². The Bertz CT molecular complexity index is 868. The van der Waals surface area contributed by atoms with Gasteiger partial charge in [0.15, 0.2) is 0 Å². The van der Waals surface area contributed by atoms with Crippen molar-refractivity contribution in [2.75, 3.05) is 0 Å². The summed E-state index contributed by atoms with van der Waals surface area (Å²) in [7, 11) is 0. The number of rotatable bonds is 6. The van der Waals surface area contributed by atoms with Gasteiger partial charge in [0.25, 0.3) is 0 Å². The Hall–Kier alpha value is -3.02. The molecule has 0 radical (unpaired) electrons. The van der Waals surface area contributed by atoms with Crippen molar-refractivity contribution < 1.29 is 4.79 Å². The zero-order valence-corrected chi connectivity index (χ0v) is 15.3. The molecule has 1 aromatic heterocycles. The average molecular weight is 349 g/mol. The Balaban J connectivity index is 1.64. The predicted octanol–water partition coefficient (Wildman–Crippen LogP) is 3.22. The molecule has 1 heterocycles. The molecule has 1 atom stereocenters. The highest BCUT2D eigenvalue weighted by Gasteiger charge is 2.14. The minimum atomic E-state index is -0.134.